The molecule has 2 rings (SSSR count). The Morgan fingerprint density at radius 2 is 2.14 bits per heavy atom. The van der Waals surface area contributed by atoms with Crippen molar-refractivity contribution >= 4 is 47.5 Å². The molecule has 7 heteroatoms. The maximum absolute atomic E-state index is 5.67. The van der Waals surface area contributed by atoms with Crippen molar-refractivity contribution in [3.05, 3.63) is 36.2 Å². The number of thiol groups is 1. The third-order valence-electron chi connectivity index (χ3n) is 2.60. The second-order valence-corrected chi connectivity index (χ2v) is 4.63. The van der Waals surface area contributed by atoms with Crippen LogP contribution in [0.5, 0.6) is 5.75 Å². The Morgan fingerprint density at radius 1 is 1.38 bits per heavy atom. The minimum absolute atomic E-state index is 0. The van der Waals surface area contributed by atoms with Crippen molar-refractivity contribution in [1.82, 2.24) is 10.2 Å². The lowest BCUT2D eigenvalue weighted by Gasteiger charge is -2.11. The fourth-order valence-electron chi connectivity index (χ4n) is 1.85. The van der Waals surface area contributed by atoms with E-state index in [1.807, 2.05) is 38.1 Å². The second-order valence-electron chi connectivity index (χ2n) is 4.17. The lowest BCUT2D eigenvalue weighted by molar-refractivity contribution is 0.342. The molecule has 21 heavy (non-hydrogen) atoms. The van der Waals surface area contributed by atoms with Crippen molar-refractivity contribution < 1.29 is 4.74 Å². The van der Waals surface area contributed by atoms with E-state index in [2.05, 4.69) is 27.8 Å². The number of aryl methyl sites for hydroxylation is 1. The normalized spacial score (nSPS) is 10.9. The van der Waals surface area contributed by atoms with Gasteiger partial charge in [-0.2, -0.15) is 10.2 Å². The first-order valence-electron chi connectivity index (χ1n) is 6.20. The molecule has 0 amide bonds. The molecule has 0 aliphatic carbocycles. The molecule has 0 aliphatic heterocycles. The summed E-state index contributed by atoms with van der Waals surface area (Å²) in [5, 5.41) is 8.14. The first kappa shape index (κ1) is 17.7. The van der Waals surface area contributed by atoms with Crippen molar-refractivity contribution in [1.29, 1.82) is 0 Å². The zero-order chi connectivity index (χ0) is 14.5. The number of benzene rings is 1. The Hall–Kier alpha value is -1.35. The average molecular weight is 416 g/mol. The molecule has 1 aromatic heterocycles. The first-order valence-corrected chi connectivity index (χ1v) is 6.64. The van der Waals surface area contributed by atoms with Crippen molar-refractivity contribution in [2.24, 2.45) is 10.7 Å². The lowest BCUT2D eigenvalue weighted by Crippen LogP contribution is -2.00. The van der Waals surface area contributed by atoms with E-state index in [1.54, 1.807) is 6.20 Å². The number of rotatable bonds is 4. The molecule has 0 bridgehead atoms. The molecule has 0 atom stereocenters. The lowest BCUT2D eigenvalue weighted by atomic mass is 10.1. The minimum atomic E-state index is 0. The highest BCUT2D eigenvalue weighted by Crippen LogP contribution is 2.33. The summed E-state index contributed by atoms with van der Waals surface area (Å²) >= 11 is 3.97. The van der Waals surface area contributed by atoms with Crippen molar-refractivity contribution in [3.8, 4) is 16.9 Å². The molecule has 1 heterocycles. The van der Waals surface area contributed by atoms with E-state index in [4.69, 9.17) is 10.5 Å². The summed E-state index contributed by atoms with van der Waals surface area (Å²) < 4.78 is 5.67. The van der Waals surface area contributed by atoms with Crippen LogP contribution in [0.4, 0.5) is 5.69 Å². The van der Waals surface area contributed by atoms with Crippen LogP contribution in [0.25, 0.3) is 11.1 Å². The number of hydrogen-bond donors (Lipinski definition) is 2. The summed E-state index contributed by atoms with van der Waals surface area (Å²) in [7, 11) is 0. The summed E-state index contributed by atoms with van der Waals surface area (Å²) in [5.41, 5.74) is 8.92. The third kappa shape index (κ3) is 4.85. The predicted molar refractivity (Wildman–Crippen MR) is 99.1 cm³/mol. The average Bonchev–Trinajstić information content (AvgIpc) is 2.38. The van der Waals surface area contributed by atoms with Crippen LogP contribution in [0.15, 0.2) is 35.5 Å². The van der Waals surface area contributed by atoms with Gasteiger partial charge >= 0.3 is 0 Å². The van der Waals surface area contributed by atoms with Crippen LogP contribution in [0.2, 0.25) is 0 Å². The molecule has 2 aromatic rings. The van der Waals surface area contributed by atoms with Crippen LogP contribution in [0, 0.1) is 6.92 Å². The van der Waals surface area contributed by atoms with Crippen LogP contribution in [0.1, 0.15) is 12.6 Å². The first-order chi connectivity index (χ1) is 9.60. The number of halogens is 1. The van der Waals surface area contributed by atoms with Crippen LogP contribution < -0.4 is 10.5 Å². The molecule has 0 unspecified atom stereocenters. The van der Waals surface area contributed by atoms with Crippen molar-refractivity contribution in [3.63, 3.8) is 0 Å². The molecule has 0 saturated heterocycles. The highest BCUT2D eigenvalue weighted by atomic mass is 127. The number of amidine groups is 1. The summed E-state index contributed by atoms with van der Waals surface area (Å²) in [6, 6.07) is 7.58. The third-order valence-corrected chi connectivity index (χ3v) is 2.70. The topological polar surface area (TPSA) is 73.4 Å². The Bertz CT molecular complexity index is 645. The summed E-state index contributed by atoms with van der Waals surface area (Å²) in [6.07, 6.45) is 1.71. The Morgan fingerprint density at radius 3 is 2.76 bits per heavy atom. The van der Waals surface area contributed by atoms with Gasteiger partial charge in [-0.15, -0.1) is 36.6 Å². The monoisotopic (exact) mass is 416 g/mol. The standard InChI is InChI=1S/C14H16N4OS.HI/c1-3-19-13-7-11(17-14(15)20)4-5-12(13)10-6-9(2)18-16-8-10;/h4-8H,3H2,1-2H3,(H3,15,17,20);1H. The van der Waals surface area contributed by atoms with Gasteiger partial charge in [-0.3, -0.25) is 0 Å². The molecule has 0 aliphatic rings. The molecular formula is C14H17IN4OS. The maximum Gasteiger partial charge on any atom is 0.156 e. The second kappa shape index (κ2) is 8.18. The van der Waals surface area contributed by atoms with Crippen LogP contribution in [-0.4, -0.2) is 22.0 Å². The number of nitrogens with zero attached hydrogens (tertiary/aromatic N) is 3. The number of aromatic nitrogens is 2. The summed E-state index contributed by atoms with van der Waals surface area (Å²) in [5.74, 6) is 0.732. The van der Waals surface area contributed by atoms with Crippen LogP contribution >= 0.6 is 36.6 Å². The van der Waals surface area contributed by atoms with Gasteiger partial charge in [0, 0.05) is 17.2 Å². The molecule has 5 nitrogen and oxygen atoms in total. The minimum Gasteiger partial charge on any atom is -0.493 e. The smallest absolute Gasteiger partial charge is 0.156 e. The van der Waals surface area contributed by atoms with Gasteiger partial charge in [0.25, 0.3) is 0 Å². The van der Waals surface area contributed by atoms with E-state index in [-0.39, 0.29) is 29.1 Å². The fraction of sp³-hybridized carbons (Fsp3) is 0.214. The Labute approximate surface area is 146 Å². The van der Waals surface area contributed by atoms with Gasteiger partial charge in [0.2, 0.25) is 0 Å². The van der Waals surface area contributed by atoms with Gasteiger partial charge in [-0.1, -0.05) is 0 Å². The molecule has 2 N–H and O–H groups in total. The highest BCUT2D eigenvalue weighted by molar-refractivity contribution is 14.0. The van der Waals surface area contributed by atoms with Crippen molar-refractivity contribution in [2.75, 3.05) is 6.61 Å². The molecule has 0 radical (unpaired) electrons. The van der Waals surface area contributed by atoms with E-state index < -0.39 is 0 Å². The van der Waals surface area contributed by atoms with Gasteiger partial charge in [0.15, 0.2) is 5.17 Å². The van der Waals surface area contributed by atoms with Gasteiger partial charge < -0.3 is 10.5 Å². The Balaban J connectivity index is 0.00000220. The predicted octanol–water partition coefficient (Wildman–Crippen LogP) is 3.34. The van der Waals surface area contributed by atoms with Crippen LogP contribution in [-0.2, 0) is 0 Å². The van der Waals surface area contributed by atoms with Gasteiger partial charge in [0.05, 0.1) is 24.2 Å². The van der Waals surface area contributed by atoms with E-state index >= 15 is 0 Å². The molecule has 0 fully saturated rings. The van der Waals surface area contributed by atoms with Gasteiger partial charge in [0.1, 0.15) is 5.75 Å². The summed E-state index contributed by atoms with van der Waals surface area (Å²) in [4.78, 5) is 4.11. The molecule has 1 aromatic carbocycles. The molecule has 112 valence electrons. The zero-order valence-corrected chi connectivity index (χ0v) is 15.0. The highest BCUT2D eigenvalue weighted by Gasteiger charge is 2.08. The van der Waals surface area contributed by atoms with Gasteiger partial charge in [-0.25, -0.2) is 4.99 Å². The Kier molecular flexibility index (Phi) is 6.90. The molecular weight excluding hydrogens is 399 g/mol. The molecule has 0 saturated carbocycles. The largest absolute Gasteiger partial charge is 0.493 e. The SMILES string of the molecule is CCOc1cc(N=C(N)S)ccc1-c1cnnc(C)c1.I. The van der Waals surface area contributed by atoms with Gasteiger partial charge in [-0.05, 0) is 32.0 Å². The number of ether oxygens (including phenoxy) is 1. The maximum atomic E-state index is 5.67. The molecule has 0 spiro atoms. The van der Waals surface area contributed by atoms with E-state index in [1.165, 1.54) is 0 Å². The summed E-state index contributed by atoms with van der Waals surface area (Å²) in [6.45, 7) is 4.40. The van der Waals surface area contributed by atoms with E-state index in [9.17, 15) is 0 Å². The number of aliphatic imine (C=N–C) groups is 1. The van der Waals surface area contributed by atoms with E-state index in [0.29, 0.717) is 12.3 Å². The van der Waals surface area contributed by atoms with Crippen molar-refractivity contribution in [2.45, 2.75) is 13.8 Å². The zero-order valence-electron chi connectivity index (χ0n) is 11.8. The quantitative estimate of drug-likeness (QED) is 0.347. The fourth-order valence-corrected chi connectivity index (χ4v) is 1.96. The van der Waals surface area contributed by atoms with E-state index in [0.717, 1.165) is 22.6 Å². The van der Waals surface area contributed by atoms with Crippen LogP contribution in [0.3, 0.4) is 0 Å². The number of nitrogens with two attached hydrogens (primary N) is 1. The number of hydrogen-bond acceptors (Lipinski definition) is 4.